The molecule has 0 radical (unpaired) electrons. The van der Waals surface area contributed by atoms with Gasteiger partial charge in [-0.1, -0.05) is 11.6 Å². The fourth-order valence-corrected chi connectivity index (χ4v) is 3.35. The molecule has 1 fully saturated rings. The van der Waals surface area contributed by atoms with Crippen molar-refractivity contribution in [3.8, 4) is 0 Å². The lowest BCUT2D eigenvalue weighted by molar-refractivity contribution is -0.213. The summed E-state index contributed by atoms with van der Waals surface area (Å²) in [6.07, 6.45) is -2.30. The Morgan fingerprint density at radius 2 is 2.06 bits per heavy atom. The summed E-state index contributed by atoms with van der Waals surface area (Å²) in [5.41, 5.74) is -5.08. The second kappa shape index (κ2) is 7.91. The lowest BCUT2D eigenvalue weighted by Gasteiger charge is -2.29. The Bertz CT molecular complexity index is 1050. The topological polar surface area (TPSA) is 128 Å². The van der Waals surface area contributed by atoms with Crippen LogP contribution in [0.5, 0.6) is 0 Å². The number of amidine groups is 1. The number of halogens is 4. The first-order chi connectivity index (χ1) is 14.4. The van der Waals surface area contributed by atoms with Crippen molar-refractivity contribution in [2.75, 3.05) is 11.9 Å². The first-order valence-electron chi connectivity index (χ1n) is 9.36. The quantitative estimate of drug-likeness (QED) is 0.327. The normalized spacial score (nSPS) is 20.7. The van der Waals surface area contributed by atoms with E-state index >= 15 is 0 Å². The van der Waals surface area contributed by atoms with Crippen LogP contribution in [0.4, 0.5) is 18.9 Å². The molecule has 31 heavy (non-hydrogen) atoms. The summed E-state index contributed by atoms with van der Waals surface area (Å²) in [5.74, 6) is -1.76. The molecule has 0 spiro atoms. The van der Waals surface area contributed by atoms with Crippen molar-refractivity contribution in [3.05, 3.63) is 39.0 Å². The van der Waals surface area contributed by atoms with Crippen molar-refractivity contribution in [2.45, 2.75) is 38.5 Å². The van der Waals surface area contributed by atoms with Crippen molar-refractivity contribution in [2.24, 2.45) is 5.92 Å². The van der Waals surface area contributed by atoms with E-state index in [0.29, 0.717) is 13.5 Å². The van der Waals surface area contributed by atoms with Crippen molar-refractivity contribution < 1.29 is 22.8 Å². The largest absolute Gasteiger partial charge is 0.430 e. The SMILES string of the molecule is CCNC(=CC(=N)NC(=O)C1CC1)Nc1cc(Cl)c2n(c1=O)C(C)(C(F)(F)F)NC2=O. The molecule has 5 N–H and O–H groups in total. The number of nitrogens with zero attached hydrogens (tertiary/aromatic N) is 1. The Labute approximate surface area is 179 Å². The van der Waals surface area contributed by atoms with Gasteiger partial charge in [-0.25, -0.2) is 0 Å². The van der Waals surface area contributed by atoms with E-state index in [9.17, 15) is 27.6 Å². The molecule has 1 aromatic heterocycles. The number of carbonyl (C=O) groups is 2. The minimum Gasteiger partial charge on any atom is -0.372 e. The van der Waals surface area contributed by atoms with Gasteiger partial charge in [-0.05, 0) is 32.8 Å². The van der Waals surface area contributed by atoms with Gasteiger partial charge < -0.3 is 21.3 Å². The van der Waals surface area contributed by atoms with E-state index in [1.807, 2.05) is 0 Å². The predicted octanol–water partition coefficient (Wildman–Crippen LogP) is 1.85. The third-order valence-electron chi connectivity index (χ3n) is 4.86. The number of fused-ring (bicyclic) bond motifs is 1. The number of aromatic nitrogens is 1. The third kappa shape index (κ3) is 4.24. The number of amides is 2. The smallest absolute Gasteiger partial charge is 0.372 e. The number of pyridine rings is 1. The Morgan fingerprint density at radius 1 is 1.42 bits per heavy atom. The molecular weight excluding hydrogens is 441 g/mol. The minimum atomic E-state index is -4.98. The van der Waals surface area contributed by atoms with Gasteiger partial charge in [0.1, 0.15) is 23.0 Å². The van der Waals surface area contributed by atoms with E-state index in [-0.39, 0.29) is 38.8 Å². The van der Waals surface area contributed by atoms with Gasteiger partial charge >= 0.3 is 6.18 Å². The van der Waals surface area contributed by atoms with Gasteiger partial charge in [0.15, 0.2) is 0 Å². The summed E-state index contributed by atoms with van der Waals surface area (Å²) in [6, 6.07) is 1.04. The monoisotopic (exact) mass is 460 g/mol. The summed E-state index contributed by atoms with van der Waals surface area (Å²) in [4.78, 5) is 36.8. The number of alkyl halides is 3. The number of rotatable bonds is 6. The Hall–Kier alpha value is -3.02. The third-order valence-corrected chi connectivity index (χ3v) is 5.14. The Morgan fingerprint density at radius 3 is 2.61 bits per heavy atom. The fraction of sp³-hybridized carbons (Fsp3) is 0.444. The van der Waals surface area contributed by atoms with E-state index in [4.69, 9.17) is 17.0 Å². The van der Waals surface area contributed by atoms with Crippen molar-refractivity contribution >= 4 is 34.9 Å². The maximum absolute atomic E-state index is 13.7. The zero-order chi connectivity index (χ0) is 23.1. The number of carbonyl (C=O) groups excluding carboxylic acids is 2. The standard InChI is InChI=1S/C18H20ClF3N6O3/c1-3-24-12(7-11(23)26-14(29)8-4-5-8)25-10-6-9(19)13-15(30)27-17(2,18(20,21)22)28(13)16(10)31/h6-8,24-25H,3-5H2,1-2H3,(H,27,30)(H2,23,26,29). The molecule has 0 bridgehead atoms. The van der Waals surface area contributed by atoms with Gasteiger partial charge in [-0.3, -0.25) is 24.4 Å². The van der Waals surface area contributed by atoms with Gasteiger partial charge in [0.05, 0.1) is 5.02 Å². The second-order valence-corrected chi connectivity index (χ2v) is 7.72. The molecule has 1 aromatic rings. The van der Waals surface area contributed by atoms with E-state index in [2.05, 4.69) is 16.0 Å². The maximum Gasteiger partial charge on any atom is 0.430 e. The zero-order valence-electron chi connectivity index (χ0n) is 16.5. The molecule has 9 nitrogen and oxygen atoms in total. The van der Waals surface area contributed by atoms with E-state index in [1.165, 1.54) is 6.08 Å². The summed E-state index contributed by atoms with van der Waals surface area (Å²) >= 11 is 6.03. The second-order valence-electron chi connectivity index (χ2n) is 7.31. The molecule has 168 valence electrons. The van der Waals surface area contributed by atoms with Crippen molar-refractivity contribution in [1.82, 2.24) is 20.5 Å². The molecule has 1 saturated carbocycles. The lowest BCUT2D eigenvalue weighted by Crippen LogP contribution is -2.55. The summed E-state index contributed by atoms with van der Waals surface area (Å²) < 4.78 is 41.2. The Kier molecular flexibility index (Phi) is 5.78. The molecule has 0 aromatic carbocycles. The zero-order valence-corrected chi connectivity index (χ0v) is 17.3. The summed E-state index contributed by atoms with van der Waals surface area (Å²) in [6.45, 7) is 2.71. The number of hydrogen-bond donors (Lipinski definition) is 5. The predicted molar refractivity (Wildman–Crippen MR) is 107 cm³/mol. The molecule has 13 heteroatoms. The van der Waals surface area contributed by atoms with Gasteiger partial charge in [-0.2, -0.15) is 13.2 Å². The van der Waals surface area contributed by atoms with E-state index < -0.39 is 29.0 Å². The van der Waals surface area contributed by atoms with E-state index in [1.54, 1.807) is 12.2 Å². The van der Waals surface area contributed by atoms with Crippen LogP contribution < -0.4 is 26.8 Å². The molecule has 1 aliphatic heterocycles. The maximum atomic E-state index is 13.7. The molecule has 2 amide bonds. The molecule has 1 atom stereocenters. The average molecular weight is 461 g/mol. The van der Waals surface area contributed by atoms with Crippen LogP contribution in [0.15, 0.2) is 22.8 Å². The lowest BCUT2D eigenvalue weighted by atomic mass is 10.2. The van der Waals surface area contributed by atoms with Crippen LogP contribution in [0.1, 0.15) is 37.2 Å². The summed E-state index contributed by atoms with van der Waals surface area (Å²) in [7, 11) is 0. The van der Waals surface area contributed by atoms with Crippen LogP contribution in [0.3, 0.4) is 0 Å². The summed E-state index contributed by atoms with van der Waals surface area (Å²) in [5, 5.41) is 17.1. The molecule has 0 saturated heterocycles. The van der Waals surface area contributed by atoms with Crippen LogP contribution >= 0.6 is 11.6 Å². The van der Waals surface area contributed by atoms with Crippen LogP contribution in [-0.2, 0) is 10.5 Å². The van der Waals surface area contributed by atoms with Gasteiger partial charge in [0.2, 0.25) is 11.6 Å². The highest BCUT2D eigenvalue weighted by molar-refractivity contribution is 6.34. The first-order valence-corrected chi connectivity index (χ1v) is 9.74. The van der Waals surface area contributed by atoms with Gasteiger partial charge in [0, 0.05) is 18.5 Å². The highest BCUT2D eigenvalue weighted by atomic mass is 35.5. The minimum absolute atomic E-state index is 0.0725. The number of hydrogen-bond acceptors (Lipinski definition) is 6. The van der Waals surface area contributed by atoms with Gasteiger partial charge in [0.25, 0.3) is 11.5 Å². The number of anilines is 1. The Balaban J connectivity index is 1.98. The molecular formula is C18H20ClF3N6O3. The molecule has 1 unspecified atom stereocenters. The molecule has 1 aliphatic carbocycles. The van der Waals surface area contributed by atoms with Gasteiger partial charge in [-0.15, -0.1) is 0 Å². The number of nitrogens with one attached hydrogen (secondary N) is 5. The van der Waals surface area contributed by atoms with Crippen LogP contribution in [0.2, 0.25) is 5.02 Å². The molecule has 2 aliphatic rings. The van der Waals surface area contributed by atoms with E-state index in [0.717, 1.165) is 18.9 Å². The molecule has 3 rings (SSSR count). The average Bonchev–Trinajstić information content (AvgIpc) is 3.44. The highest BCUT2D eigenvalue weighted by Crippen LogP contribution is 2.39. The highest BCUT2D eigenvalue weighted by Gasteiger charge is 2.59. The van der Waals surface area contributed by atoms with Crippen LogP contribution in [0.25, 0.3) is 0 Å². The first kappa shape index (κ1) is 22.7. The van der Waals surface area contributed by atoms with Crippen molar-refractivity contribution in [1.29, 1.82) is 5.41 Å². The van der Waals surface area contributed by atoms with Crippen LogP contribution in [0, 0.1) is 11.3 Å². The van der Waals surface area contributed by atoms with Crippen LogP contribution in [-0.4, -0.2) is 34.9 Å². The van der Waals surface area contributed by atoms with Crippen molar-refractivity contribution in [3.63, 3.8) is 0 Å². The fourth-order valence-electron chi connectivity index (χ4n) is 3.07. The molecule has 2 heterocycles.